The fourth-order valence-corrected chi connectivity index (χ4v) is 1.67. The minimum atomic E-state index is -2.67. The molecule has 0 amide bonds. The van der Waals surface area contributed by atoms with E-state index in [9.17, 15) is 13.2 Å². The largest absolute Gasteiger partial charge is 0.396 e. The van der Waals surface area contributed by atoms with E-state index in [1.807, 2.05) is 0 Å². The highest BCUT2D eigenvalue weighted by Crippen LogP contribution is 2.31. The molecule has 0 atom stereocenters. The molecule has 1 saturated heterocycles. The van der Waals surface area contributed by atoms with E-state index in [1.165, 1.54) is 17.0 Å². The number of hydrogen-bond acceptors (Lipinski definition) is 2. The van der Waals surface area contributed by atoms with E-state index < -0.39 is 11.7 Å². The number of hydrogen-bond donors (Lipinski definition) is 1. The molecule has 0 spiro atoms. The molecule has 1 aromatic carbocycles. The van der Waals surface area contributed by atoms with Crippen molar-refractivity contribution in [2.75, 3.05) is 23.7 Å². The minimum absolute atomic E-state index is 0.0321. The molecule has 1 aliphatic rings. The molecule has 0 radical (unpaired) electrons. The Hall–Kier alpha value is -1.39. The molecule has 0 unspecified atom stereocenters. The molecule has 1 aromatic rings. The Balaban J connectivity index is 2.21. The van der Waals surface area contributed by atoms with E-state index in [1.54, 1.807) is 6.07 Å². The zero-order chi connectivity index (χ0) is 11.1. The molecule has 2 N–H and O–H groups in total. The van der Waals surface area contributed by atoms with Gasteiger partial charge in [-0.25, -0.2) is 13.2 Å². The fraction of sp³-hybridized carbons (Fsp3) is 0.400. The summed E-state index contributed by atoms with van der Waals surface area (Å²) >= 11 is 0. The Bertz CT molecular complexity index is 379. The van der Waals surface area contributed by atoms with E-state index in [0.717, 1.165) is 0 Å². The van der Waals surface area contributed by atoms with Gasteiger partial charge in [-0.15, -0.1) is 0 Å². The number of alkyl halides is 2. The van der Waals surface area contributed by atoms with Gasteiger partial charge in [0.05, 0.1) is 12.2 Å². The number of anilines is 2. The van der Waals surface area contributed by atoms with Crippen molar-refractivity contribution >= 4 is 11.4 Å². The van der Waals surface area contributed by atoms with Gasteiger partial charge in [0, 0.05) is 18.7 Å². The van der Waals surface area contributed by atoms with Gasteiger partial charge in [0.15, 0.2) is 0 Å². The van der Waals surface area contributed by atoms with Gasteiger partial charge in [-0.3, -0.25) is 0 Å². The summed E-state index contributed by atoms with van der Waals surface area (Å²) in [6.45, 7) is -0.104. The number of nitrogen functional groups attached to an aromatic ring is 1. The summed E-state index contributed by atoms with van der Waals surface area (Å²) in [6, 6.07) is 4.14. The molecule has 2 nitrogen and oxygen atoms in total. The zero-order valence-electron chi connectivity index (χ0n) is 8.01. The van der Waals surface area contributed by atoms with Crippen molar-refractivity contribution in [2.45, 2.75) is 12.3 Å². The summed E-state index contributed by atoms with van der Waals surface area (Å²) < 4.78 is 38.9. The third-order valence-electron chi connectivity index (χ3n) is 2.52. The first-order valence-corrected chi connectivity index (χ1v) is 4.66. The van der Waals surface area contributed by atoms with Gasteiger partial charge in [0.1, 0.15) is 5.82 Å². The predicted octanol–water partition coefficient (Wildman–Crippen LogP) is 2.25. The van der Waals surface area contributed by atoms with Gasteiger partial charge in [-0.1, -0.05) is 0 Å². The van der Waals surface area contributed by atoms with Crippen molar-refractivity contribution in [3.05, 3.63) is 24.0 Å². The molecule has 1 heterocycles. The van der Waals surface area contributed by atoms with Gasteiger partial charge in [0.25, 0.3) is 5.92 Å². The van der Waals surface area contributed by atoms with Crippen molar-refractivity contribution in [3.8, 4) is 0 Å². The van der Waals surface area contributed by atoms with Crippen molar-refractivity contribution in [1.82, 2.24) is 0 Å². The SMILES string of the molecule is Nc1ccc(N2CCC(F)(F)C2)cc1F. The van der Waals surface area contributed by atoms with Crippen LogP contribution < -0.4 is 10.6 Å². The molecule has 0 aromatic heterocycles. The second-order valence-electron chi connectivity index (χ2n) is 3.73. The van der Waals surface area contributed by atoms with Crippen LogP contribution in [0, 0.1) is 5.82 Å². The lowest BCUT2D eigenvalue weighted by atomic mass is 10.2. The van der Waals surface area contributed by atoms with Gasteiger partial charge in [0.2, 0.25) is 0 Å². The van der Waals surface area contributed by atoms with Crippen LogP contribution in [0.3, 0.4) is 0 Å². The lowest BCUT2D eigenvalue weighted by molar-refractivity contribution is 0.0257. The van der Waals surface area contributed by atoms with E-state index in [-0.39, 0.29) is 25.2 Å². The zero-order valence-corrected chi connectivity index (χ0v) is 8.01. The average Bonchev–Trinajstić information content (AvgIpc) is 2.51. The van der Waals surface area contributed by atoms with E-state index in [0.29, 0.717) is 5.69 Å². The van der Waals surface area contributed by atoms with Crippen LogP contribution >= 0.6 is 0 Å². The Kier molecular flexibility index (Phi) is 2.25. The van der Waals surface area contributed by atoms with Crippen molar-refractivity contribution in [2.24, 2.45) is 0 Å². The smallest absolute Gasteiger partial charge is 0.266 e. The summed E-state index contributed by atoms with van der Waals surface area (Å²) in [5.41, 5.74) is 5.79. The maximum Gasteiger partial charge on any atom is 0.266 e. The molecule has 82 valence electrons. The highest BCUT2D eigenvalue weighted by atomic mass is 19.3. The molecule has 1 aliphatic heterocycles. The fourth-order valence-electron chi connectivity index (χ4n) is 1.67. The topological polar surface area (TPSA) is 29.3 Å². The Morgan fingerprint density at radius 2 is 2.07 bits per heavy atom. The first-order chi connectivity index (χ1) is 6.98. The van der Waals surface area contributed by atoms with E-state index in [2.05, 4.69) is 0 Å². The quantitative estimate of drug-likeness (QED) is 0.729. The maximum atomic E-state index is 13.1. The van der Waals surface area contributed by atoms with Gasteiger partial charge in [-0.2, -0.15) is 0 Å². The Morgan fingerprint density at radius 1 is 1.33 bits per heavy atom. The number of nitrogens with two attached hydrogens (primary N) is 1. The van der Waals surface area contributed by atoms with Gasteiger partial charge >= 0.3 is 0 Å². The first kappa shape index (κ1) is 10.1. The number of rotatable bonds is 1. The molecular weight excluding hydrogens is 205 g/mol. The van der Waals surface area contributed by atoms with E-state index in [4.69, 9.17) is 5.73 Å². The average molecular weight is 216 g/mol. The molecule has 1 fully saturated rings. The van der Waals surface area contributed by atoms with Crippen molar-refractivity contribution in [3.63, 3.8) is 0 Å². The van der Waals surface area contributed by atoms with Crippen LogP contribution in [0.4, 0.5) is 24.5 Å². The molecular formula is C10H11F3N2. The molecule has 15 heavy (non-hydrogen) atoms. The normalized spacial score (nSPS) is 19.5. The molecule has 2 rings (SSSR count). The predicted molar refractivity (Wildman–Crippen MR) is 52.6 cm³/mol. The molecule has 0 saturated carbocycles. The molecule has 0 aliphatic carbocycles. The third-order valence-corrected chi connectivity index (χ3v) is 2.52. The summed E-state index contributed by atoms with van der Waals surface area (Å²) in [6.07, 6.45) is -0.182. The number of benzene rings is 1. The minimum Gasteiger partial charge on any atom is -0.396 e. The van der Waals surface area contributed by atoms with Crippen LogP contribution in [0.15, 0.2) is 18.2 Å². The highest BCUT2D eigenvalue weighted by Gasteiger charge is 2.38. The van der Waals surface area contributed by atoms with Crippen LogP contribution in [0.2, 0.25) is 0 Å². The monoisotopic (exact) mass is 216 g/mol. The van der Waals surface area contributed by atoms with Crippen LogP contribution in [0.25, 0.3) is 0 Å². The third kappa shape index (κ3) is 2.00. The van der Waals surface area contributed by atoms with Crippen LogP contribution in [0.1, 0.15) is 6.42 Å². The van der Waals surface area contributed by atoms with Crippen LogP contribution in [0.5, 0.6) is 0 Å². The van der Waals surface area contributed by atoms with Gasteiger partial charge in [-0.05, 0) is 18.2 Å². The van der Waals surface area contributed by atoms with E-state index >= 15 is 0 Å². The lowest BCUT2D eigenvalue weighted by Crippen LogP contribution is -2.24. The highest BCUT2D eigenvalue weighted by molar-refractivity contribution is 5.54. The lowest BCUT2D eigenvalue weighted by Gasteiger charge is -2.18. The van der Waals surface area contributed by atoms with Crippen LogP contribution in [-0.4, -0.2) is 19.0 Å². The summed E-state index contributed by atoms with van der Waals surface area (Å²) in [5.74, 6) is -3.24. The van der Waals surface area contributed by atoms with Crippen molar-refractivity contribution < 1.29 is 13.2 Å². The van der Waals surface area contributed by atoms with Crippen molar-refractivity contribution in [1.29, 1.82) is 0 Å². The standard InChI is InChI=1S/C10H11F3N2/c11-8-5-7(1-2-9(8)14)15-4-3-10(12,13)6-15/h1-2,5H,3-4,6,14H2. The number of nitrogens with zero attached hydrogens (tertiary/aromatic N) is 1. The second-order valence-corrected chi connectivity index (χ2v) is 3.73. The second kappa shape index (κ2) is 3.32. The summed E-state index contributed by atoms with van der Waals surface area (Å²) in [4.78, 5) is 1.46. The Labute approximate surface area is 85.5 Å². The summed E-state index contributed by atoms with van der Waals surface area (Å²) in [5, 5.41) is 0. The maximum absolute atomic E-state index is 13.1. The Morgan fingerprint density at radius 3 is 2.60 bits per heavy atom. The molecule has 5 heteroatoms. The summed E-state index contributed by atoms with van der Waals surface area (Å²) in [7, 11) is 0. The van der Waals surface area contributed by atoms with Crippen LogP contribution in [-0.2, 0) is 0 Å². The first-order valence-electron chi connectivity index (χ1n) is 4.66. The number of halogens is 3. The van der Waals surface area contributed by atoms with Gasteiger partial charge < -0.3 is 10.6 Å². The molecule has 0 bridgehead atoms.